The molecule has 0 amide bonds. The average Bonchev–Trinajstić information content (AvgIpc) is 3.13. The van der Waals surface area contributed by atoms with Crippen molar-refractivity contribution < 1.29 is 4.39 Å². The molecule has 132 valence electrons. The van der Waals surface area contributed by atoms with Gasteiger partial charge < -0.3 is 5.32 Å². The minimum absolute atomic E-state index is 0.0657. The van der Waals surface area contributed by atoms with E-state index in [-0.39, 0.29) is 10.5 Å². The molecule has 3 aromatic carbocycles. The average molecular weight is 377 g/mol. The van der Waals surface area contributed by atoms with E-state index in [1.165, 1.54) is 0 Å². The van der Waals surface area contributed by atoms with E-state index < -0.39 is 5.82 Å². The summed E-state index contributed by atoms with van der Waals surface area (Å²) in [5.74, 6) is 0.0223. The lowest BCUT2D eigenvalue weighted by atomic mass is 10.0. The molecule has 0 radical (unpaired) electrons. The monoisotopic (exact) mass is 376 g/mol. The summed E-state index contributed by atoms with van der Waals surface area (Å²) in [6.45, 7) is 0.497. The molecule has 0 saturated heterocycles. The molecule has 0 aliphatic carbocycles. The van der Waals surface area contributed by atoms with Crippen molar-refractivity contribution in [2.75, 3.05) is 5.32 Å². The number of aromatic nitrogens is 2. The number of hydrogen-bond acceptors (Lipinski definition) is 3. The second kappa shape index (κ2) is 7.10. The molecular weight excluding hydrogens is 363 g/mol. The number of fused-ring (bicyclic) bond motifs is 1. The lowest BCUT2D eigenvalue weighted by Crippen LogP contribution is -2.00. The minimum Gasteiger partial charge on any atom is -0.364 e. The second-order valence-corrected chi connectivity index (χ2v) is 6.45. The van der Waals surface area contributed by atoms with Crippen molar-refractivity contribution in [3.05, 3.63) is 82.6 Å². The summed E-state index contributed by atoms with van der Waals surface area (Å²) in [6.07, 6.45) is 0. The Morgan fingerprint density at radius 1 is 1.11 bits per heavy atom. The predicted octanol–water partition coefficient (Wildman–Crippen LogP) is 5.51. The van der Waals surface area contributed by atoms with Crippen molar-refractivity contribution in [1.82, 2.24) is 10.2 Å². The Bertz CT molecular complexity index is 1140. The van der Waals surface area contributed by atoms with Gasteiger partial charge in [-0.3, -0.25) is 5.10 Å². The smallest absolute Gasteiger partial charge is 0.168 e. The number of aromatic amines is 1. The molecule has 0 aliphatic rings. The maximum Gasteiger partial charge on any atom is 0.168 e. The van der Waals surface area contributed by atoms with Crippen LogP contribution in [0.15, 0.2) is 60.7 Å². The molecular formula is C21H14ClFN4. The first kappa shape index (κ1) is 17.1. The number of benzene rings is 3. The highest BCUT2D eigenvalue weighted by atomic mass is 35.5. The van der Waals surface area contributed by atoms with E-state index in [0.717, 1.165) is 11.1 Å². The first-order valence-corrected chi connectivity index (χ1v) is 8.69. The second-order valence-electron chi connectivity index (χ2n) is 6.08. The van der Waals surface area contributed by atoms with Gasteiger partial charge in [0.1, 0.15) is 5.52 Å². The number of H-pyrrole nitrogens is 1. The van der Waals surface area contributed by atoms with Crippen LogP contribution >= 0.6 is 11.6 Å². The number of halogens is 2. The van der Waals surface area contributed by atoms with Crippen molar-refractivity contribution in [2.45, 2.75) is 6.54 Å². The number of anilines is 1. The van der Waals surface area contributed by atoms with Crippen LogP contribution in [0.1, 0.15) is 11.1 Å². The maximum atomic E-state index is 14.7. The minimum atomic E-state index is -0.521. The molecule has 4 rings (SSSR count). The van der Waals surface area contributed by atoms with Crippen LogP contribution in [0.4, 0.5) is 10.2 Å². The maximum absolute atomic E-state index is 14.7. The highest BCUT2D eigenvalue weighted by Gasteiger charge is 2.17. The van der Waals surface area contributed by atoms with Crippen molar-refractivity contribution >= 4 is 28.3 Å². The number of hydrogen-bond donors (Lipinski definition) is 2. The number of nitriles is 1. The molecule has 1 heterocycles. The molecule has 4 aromatic rings. The first-order chi connectivity index (χ1) is 13.2. The van der Waals surface area contributed by atoms with Gasteiger partial charge in [-0.25, -0.2) is 4.39 Å². The normalized spacial score (nSPS) is 10.7. The van der Waals surface area contributed by atoms with Gasteiger partial charge >= 0.3 is 0 Å². The van der Waals surface area contributed by atoms with Crippen LogP contribution in [-0.2, 0) is 6.54 Å². The molecule has 0 spiro atoms. The zero-order valence-electron chi connectivity index (χ0n) is 14.1. The highest BCUT2D eigenvalue weighted by Crippen LogP contribution is 2.36. The SMILES string of the molecule is N#Cc1ccc(CNc2n[nH]c3c(F)c(Cl)c(-c4ccccc4)cc23)cc1. The van der Waals surface area contributed by atoms with E-state index in [1.54, 1.807) is 12.1 Å². The summed E-state index contributed by atoms with van der Waals surface area (Å²) < 4.78 is 14.7. The quantitative estimate of drug-likeness (QED) is 0.493. The van der Waals surface area contributed by atoms with E-state index in [4.69, 9.17) is 16.9 Å². The molecule has 4 nitrogen and oxygen atoms in total. The third kappa shape index (κ3) is 3.23. The lowest BCUT2D eigenvalue weighted by molar-refractivity contribution is 0.637. The molecule has 0 atom stereocenters. The molecule has 0 bridgehead atoms. The summed E-state index contributed by atoms with van der Waals surface area (Å²) in [5.41, 5.74) is 3.31. The predicted molar refractivity (Wildman–Crippen MR) is 105 cm³/mol. The molecule has 0 saturated carbocycles. The van der Waals surface area contributed by atoms with E-state index >= 15 is 0 Å². The van der Waals surface area contributed by atoms with E-state index in [9.17, 15) is 4.39 Å². The van der Waals surface area contributed by atoms with Gasteiger partial charge in [0.05, 0.1) is 16.7 Å². The highest BCUT2D eigenvalue weighted by molar-refractivity contribution is 6.34. The van der Waals surface area contributed by atoms with Crippen molar-refractivity contribution in [1.29, 1.82) is 5.26 Å². The van der Waals surface area contributed by atoms with Crippen LogP contribution in [0.25, 0.3) is 22.0 Å². The van der Waals surface area contributed by atoms with Crippen LogP contribution < -0.4 is 5.32 Å². The largest absolute Gasteiger partial charge is 0.364 e. The summed E-state index contributed by atoms with van der Waals surface area (Å²) in [7, 11) is 0. The van der Waals surface area contributed by atoms with Crippen LogP contribution in [-0.4, -0.2) is 10.2 Å². The Balaban J connectivity index is 1.69. The van der Waals surface area contributed by atoms with Gasteiger partial charge in [0.15, 0.2) is 11.6 Å². The zero-order valence-corrected chi connectivity index (χ0v) is 14.9. The van der Waals surface area contributed by atoms with Gasteiger partial charge in [0.2, 0.25) is 0 Å². The summed E-state index contributed by atoms with van der Waals surface area (Å²) in [4.78, 5) is 0. The lowest BCUT2D eigenvalue weighted by Gasteiger charge is -2.08. The van der Waals surface area contributed by atoms with Crippen molar-refractivity contribution in [3.63, 3.8) is 0 Å². The fourth-order valence-corrected chi connectivity index (χ4v) is 3.20. The fraction of sp³-hybridized carbons (Fsp3) is 0.0476. The fourth-order valence-electron chi connectivity index (χ4n) is 2.94. The zero-order chi connectivity index (χ0) is 18.8. The van der Waals surface area contributed by atoms with Crippen LogP contribution in [0.3, 0.4) is 0 Å². The van der Waals surface area contributed by atoms with Crippen LogP contribution in [0, 0.1) is 17.1 Å². The van der Waals surface area contributed by atoms with Gasteiger partial charge in [0.25, 0.3) is 0 Å². The molecule has 6 heteroatoms. The topological polar surface area (TPSA) is 64.5 Å². The van der Waals surface area contributed by atoms with Crippen LogP contribution in [0.2, 0.25) is 5.02 Å². The van der Waals surface area contributed by atoms with Crippen LogP contribution in [0.5, 0.6) is 0 Å². The van der Waals surface area contributed by atoms with Crippen molar-refractivity contribution in [2.24, 2.45) is 0 Å². The Labute approximate surface area is 160 Å². The molecule has 27 heavy (non-hydrogen) atoms. The van der Waals surface area contributed by atoms with E-state index in [2.05, 4.69) is 21.6 Å². The Kier molecular flexibility index (Phi) is 4.49. The third-order valence-corrected chi connectivity index (χ3v) is 4.74. The molecule has 2 N–H and O–H groups in total. The van der Waals surface area contributed by atoms with E-state index in [0.29, 0.717) is 28.9 Å². The molecule has 1 aromatic heterocycles. The summed E-state index contributed by atoms with van der Waals surface area (Å²) in [6, 6.07) is 20.6. The van der Waals surface area contributed by atoms with Gasteiger partial charge in [-0.05, 0) is 29.3 Å². The van der Waals surface area contributed by atoms with Gasteiger partial charge in [-0.2, -0.15) is 10.4 Å². The number of rotatable bonds is 4. The first-order valence-electron chi connectivity index (χ1n) is 8.32. The molecule has 0 fully saturated rings. The molecule has 0 aliphatic heterocycles. The van der Waals surface area contributed by atoms with Gasteiger partial charge in [-0.1, -0.05) is 54.1 Å². The van der Waals surface area contributed by atoms with E-state index in [1.807, 2.05) is 48.5 Å². The third-order valence-electron chi connectivity index (χ3n) is 4.37. The van der Waals surface area contributed by atoms with Gasteiger partial charge in [-0.15, -0.1) is 0 Å². The van der Waals surface area contributed by atoms with Gasteiger partial charge in [0, 0.05) is 17.5 Å². The summed E-state index contributed by atoms with van der Waals surface area (Å²) >= 11 is 6.25. The Hall–Kier alpha value is -3.36. The standard InChI is InChI=1S/C21H14ClFN4/c22-18-16(15-4-2-1-3-5-15)10-17-20(19(18)23)26-27-21(17)25-12-14-8-6-13(11-24)7-9-14/h1-10H,12H2,(H2,25,26,27). The Morgan fingerprint density at radius 2 is 1.85 bits per heavy atom. The summed E-state index contributed by atoms with van der Waals surface area (Å²) in [5, 5.41) is 19.7. The molecule has 0 unspecified atom stereocenters. The number of nitrogens with zero attached hydrogens (tertiary/aromatic N) is 2. The van der Waals surface area contributed by atoms with Crippen molar-refractivity contribution in [3.8, 4) is 17.2 Å². The Morgan fingerprint density at radius 3 is 2.56 bits per heavy atom. The number of nitrogens with one attached hydrogen (secondary N) is 2.